The fourth-order valence-electron chi connectivity index (χ4n) is 4.34. The van der Waals surface area contributed by atoms with Crippen molar-refractivity contribution in [1.29, 1.82) is 0 Å². The SMILES string of the molecule is CC1(C)C(=O)CC[C@]2(C)c3nc(C(F)(F)F)ncc3CC[C@@H]12. The number of hydrogen-bond donors (Lipinski definition) is 0. The van der Waals surface area contributed by atoms with Crippen LogP contribution in [0.5, 0.6) is 0 Å². The van der Waals surface area contributed by atoms with Crippen LogP contribution in [-0.2, 0) is 22.8 Å². The van der Waals surface area contributed by atoms with Crippen molar-refractivity contribution in [2.24, 2.45) is 11.3 Å². The van der Waals surface area contributed by atoms with Gasteiger partial charge < -0.3 is 0 Å². The molecule has 0 bridgehead atoms. The maximum atomic E-state index is 12.9. The van der Waals surface area contributed by atoms with Gasteiger partial charge in [0.2, 0.25) is 5.82 Å². The van der Waals surface area contributed by atoms with E-state index in [0.717, 1.165) is 12.0 Å². The summed E-state index contributed by atoms with van der Waals surface area (Å²) in [5.74, 6) is -0.865. The topological polar surface area (TPSA) is 42.9 Å². The van der Waals surface area contributed by atoms with E-state index in [9.17, 15) is 18.0 Å². The fraction of sp³-hybridized carbons (Fsp3) is 0.688. The van der Waals surface area contributed by atoms with Gasteiger partial charge in [-0.15, -0.1) is 0 Å². The number of fused-ring (bicyclic) bond motifs is 3. The Morgan fingerprint density at radius 1 is 1.23 bits per heavy atom. The van der Waals surface area contributed by atoms with Crippen molar-refractivity contribution in [3.05, 3.63) is 23.3 Å². The Morgan fingerprint density at radius 2 is 1.91 bits per heavy atom. The van der Waals surface area contributed by atoms with Crippen LogP contribution < -0.4 is 0 Å². The van der Waals surface area contributed by atoms with Gasteiger partial charge in [-0.05, 0) is 30.7 Å². The molecule has 0 radical (unpaired) electrons. The van der Waals surface area contributed by atoms with Gasteiger partial charge in [-0.1, -0.05) is 20.8 Å². The number of carbonyl (C=O) groups is 1. The summed E-state index contributed by atoms with van der Waals surface area (Å²) in [6.45, 7) is 5.78. The van der Waals surface area contributed by atoms with E-state index < -0.39 is 22.8 Å². The number of ketones is 1. The second kappa shape index (κ2) is 4.52. The molecule has 0 aromatic carbocycles. The van der Waals surface area contributed by atoms with Gasteiger partial charge >= 0.3 is 6.18 Å². The zero-order valence-electron chi connectivity index (χ0n) is 12.9. The van der Waals surface area contributed by atoms with Crippen molar-refractivity contribution in [1.82, 2.24) is 9.97 Å². The van der Waals surface area contributed by atoms with E-state index >= 15 is 0 Å². The van der Waals surface area contributed by atoms with Crippen LogP contribution in [-0.4, -0.2) is 15.8 Å². The summed E-state index contributed by atoms with van der Waals surface area (Å²) < 4.78 is 38.8. The number of Topliss-reactive ketones (excluding diaryl/α,β-unsaturated/α-hetero) is 1. The van der Waals surface area contributed by atoms with Crippen molar-refractivity contribution in [2.45, 2.75) is 58.0 Å². The Bertz CT molecular complexity index is 639. The first-order valence-electron chi connectivity index (χ1n) is 7.54. The highest BCUT2D eigenvalue weighted by Gasteiger charge is 2.54. The van der Waals surface area contributed by atoms with Gasteiger partial charge in [0.15, 0.2) is 0 Å². The molecule has 3 nitrogen and oxygen atoms in total. The van der Waals surface area contributed by atoms with Crippen LogP contribution in [0.3, 0.4) is 0 Å². The average molecular weight is 312 g/mol. The molecule has 6 heteroatoms. The van der Waals surface area contributed by atoms with Crippen molar-refractivity contribution >= 4 is 5.78 Å². The van der Waals surface area contributed by atoms with Crippen molar-refractivity contribution < 1.29 is 18.0 Å². The summed E-state index contributed by atoms with van der Waals surface area (Å²) in [4.78, 5) is 19.6. The molecule has 0 unspecified atom stereocenters. The highest BCUT2D eigenvalue weighted by atomic mass is 19.4. The number of halogens is 3. The smallest absolute Gasteiger partial charge is 0.299 e. The van der Waals surface area contributed by atoms with E-state index in [1.807, 2.05) is 20.8 Å². The molecular weight excluding hydrogens is 293 g/mol. The average Bonchev–Trinajstić information content (AvgIpc) is 2.42. The third kappa shape index (κ3) is 2.07. The first-order chi connectivity index (χ1) is 10.1. The number of aromatic nitrogens is 2. The second-order valence-corrected chi connectivity index (χ2v) is 7.22. The van der Waals surface area contributed by atoms with Gasteiger partial charge in [0.25, 0.3) is 0 Å². The maximum absolute atomic E-state index is 12.9. The minimum Gasteiger partial charge on any atom is -0.299 e. The molecule has 0 spiro atoms. The molecule has 1 heterocycles. The molecule has 0 saturated heterocycles. The maximum Gasteiger partial charge on any atom is 0.451 e. The Balaban J connectivity index is 2.14. The summed E-state index contributed by atoms with van der Waals surface area (Å²) in [7, 11) is 0. The van der Waals surface area contributed by atoms with E-state index in [1.165, 1.54) is 6.20 Å². The molecule has 2 aliphatic carbocycles. The Morgan fingerprint density at radius 3 is 2.55 bits per heavy atom. The van der Waals surface area contributed by atoms with Gasteiger partial charge in [0.05, 0.1) is 5.69 Å². The molecule has 22 heavy (non-hydrogen) atoms. The summed E-state index contributed by atoms with van der Waals surface area (Å²) in [6, 6.07) is 0. The molecular formula is C16H19F3N2O. The van der Waals surface area contributed by atoms with Crippen molar-refractivity contribution in [3.8, 4) is 0 Å². The molecule has 3 rings (SSSR count). The lowest BCUT2D eigenvalue weighted by atomic mass is 9.51. The lowest BCUT2D eigenvalue weighted by molar-refractivity contribution is -0.146. The normalized spacial score (nSPS) is 30.6. The zero-order valence-corrected chi connectivity index (χ0v) is 12.9. The molecule has 0 N–H and O–H groups in total. The lowest BCUT2D eigenvalue weighted by Crippen LogP contribution is -2.52. The van der Waals surface area contributed by atoms with Crippen LogP contribution in [0.2, 0.25) is 0 Å². The highest BCUT2D eigenvalue weighted by Crippen LogP contribution is 2.55. The lowest BCUT2D eigenvalue weighted by Gasteiger charge is -2.52. The standard InChI is InChI=1S/C16H19F3N2O/c1-14(2)10-5-4-9-8-20-13(16(17,18)19)21-12(9)15(10,3)7-6-11(14)22/h8,10H,4-7H2,1-3H3/t10-,15-/m0/s1. The molecule has 0 amide bonds. The fourth-order valence-corrected chi connectivity index (χ4v) is 4.34. The summed E-state index contributed by atoms with van der Waals surface area (Å²) in [6.07, 6.45) is -0.859. The van der Waals surface area contributed by atoms with E-state index in [2.05, 4.69) is 9.97 Å². The van der Waals surface area contributed by atoms with Gasteiger partial charge in [-0.3, -0.25) is 4.79 Å². The van der Waals surface area contributed by atoms with Crippen LogP contribution in [0, 0.1) is 11.3 Å². The molecule has 1 fully saturated rings. The number of aryl methyl sites for hydroxylation is 1. The molecule has 0 aliphatic heterocycles. The third-order valence-electron chi connectivity index (χ3n) is 5.59. The molecule has 120 valence electrons. The van der Waals surface area contributed by atoms with Gasteiger partial charge in [0.1, 0.15) is 5.78 Å². The third-order valence-corrected chi connectivity index (χ3v) is 5.59. The molecule has 1 aromatic heterocycles. The van der Waals surface area contributed by atoms with E-state index in [-0.39, 0.29) is 11.7 Å². The van der Waals surface area contributed by atoms with Gasteiger partial charge in [-0.2, -0.15) is 13.2 Å². The molecule has 2 atom stereocenters. The molecule has 1 aromatic rings. The second-order valence-electron chi connectivity index (χ2n) is 7.22. The number of rotatable bonds is 0. The van der Waals surface area contributed by atoms with Crippen LogP contribution in [0.15, 0.2) is 6.20 Å². The zero-order chi connectivity index (χ0) is 16.3. The number of nitrogens with zero attached hydrogens (tertiary/aromatic N) is 2. The Kier molecular flexibility index (Phi) is 3.17. The number of hydrogen-bond acceptors (Lipinski definition) is 3. The quantitative estimate of drug-likeness (QED) is 0.733. The van der Waals surface area contributed by atoms with Crippen LogP contribution in [0.25, 0.3) is 0 Å². The first kappa shape index (κ1) is 15.4. The minimum absolute atomic E-state index is 0.0183. The van der Waals surface area contributed by atoms with Crippen LogP contribution >= 0.6 is 0 Å². The summed E-state index contributed by atoms with van der Waals surface area (Å²) in [5.41, 5.74) is 0.269. The Hall–Kier alpha value is -1.46. The van der Waals surface area contributed by atoms with Gasteiger partial charge in [0, 0.05) is 23.4 Å². The predicted octanol–water partition coefficient (Wildman–Crippen LogP) is 3.70. The number of alkyl halides is 3. The van der Waals surface area contributed by atoms with E-state index in [0.29, 0.717) is 25.0 Å². The highest BCUT2D eigenvalue weighted by molar-refractivity contribution is 5.86. The summed E-state index contributed by atoms with van der Waals surface area (Å²) in [5, 5.41) is 0. The minimum atomic E-state index is -4.54. The first-order valence-corrected chi connectivity index (χ1v) is 7.54. The number of carbonyl (C=O) groups excluding carboxylic acids is 1. The largest absolute Gasteiger partial charge is 0.451 e. The van der Waals surface area contributed by atoms with E-state index in [4.69, 9.17) is 0 Å². The summed E-state index contributed by atoms with van der Waals surface area (Å²) >= 11 is 0. The Labute approximate surface area is 127 Å². The van der Waals surface area contributed by atoms with Crippen LogP contribution in [0.4, 0.5) is 13.2 Å². The predicted molar refractivity (Wildman–Crippen MR) is 74.2 cm³/mol. The van der Waals surface area contributed by atoms with Crippen LogP contribution in [0.1, 0.15) is 57.1 Å². The monoisotopic (exact) mass is 312 g/mol. The molecule has 1 saturated carbocycles. The van der Waals surface area contributed by atoms with Crippen molar-refractivity contribution in [2.75, 3.05) is 0 Å². The van der Waals surface area contributed by atoms with Gasteiger partial charge in [-0.25, -0.2) is 9.97 Å². The van der Waals surface area contributed by atoms with E-state index in [1.54, 1.807) is 0 Å². The van der Waals surface area contributed by atoms with Crippen molar-refractivity contribution in [3.63, 3.8) is 0 Å². The molecule has 2 aliphatic rings.